The summed E-state index contributed by atoms with van der Waals surface area (Å²) in [6.07, 6.45) is 9.77. The molecule has 0 aromatic carbocycles. The van der Waals surface area contributed by atoms with Gasteiger partial charge in [-0.2, -0.15) is 0 Å². The van der Waals surface area contributed by atoms with E-state index in [-0.39, 0.29) is 0 Å². The molecule has 0 heterocycles. The Morgan fingerprint density at radius 1 is 1.00 bits per heavy atom. The summed E-state index contributed by atoms with van der Waals surface area (Å²) in [7, 11) is 0. The first-order valence-corrected chi connectivity index (χ1v) is 5.99. The van der Waals surface area contributed by atoms with Gasteiger partial charge in [-0.3, -0.25) is 0 Å². The SMILES string of the molecule is [CH2]C(C)CC(C)CCCCCCC. The van der Waals surface area contributed by atoms with Gasteiger partial charge in [0.15, 0.2) is 0 Å². The van der Waals surface area contributed by atoms with Gasteiger partial charge in [-0.15, -0.1) is 0 Å². The van der Waals surface area contributed by atoms with Crippen LogP contribution in [0.3, 0.4) is 0 Å². The topological polar surface area (TPSA) is 0 Å². The minimum Gasteiger partial charge on any atom is -0.0654 e. The van der Waals surface area contributed by atoms with Gasteiger partial charge >= 0.3 is 0 Å². The predicted octanol–water partition coefficient (Wildman–Crippen LogP) is 4.84. The van der Waals surface area contributed by atoms with E-state index >= 15 is 0 Å². The van der Waals surface area contributed by atoms with Crippen molar-refractivity contribution in [2.24, 2.45) is 11.8 Å². The van der Waals surface area contributed by atoms with Crippen molar-refractivity contribution in [2.45, 2.75) is 65.7 Å². The van der Waals surface area contributed by atoms with Gasteiger partial charge in [0.1, 0.15) is 0 Å². The van der Waals surface area contributed by atoms with Crippen LogP contribution in [0.25, 0.3) is 0 Å². The van der Waals surface area contributed by atoms with Crippen molar-refractivity contribution in [1.82, 2.24) is 0 Å². The second-order valence-electron chi connectivity index (χ2n) is 4.65. The van der Waals surface area contributed by atoms with Crippen LogP contribution >= 0.6 is 0 Å². The molecule has 13 heavy (non-hydrogen) atoms. The van der Waals surface area contributed by atoms with E-state index in [4.69, 9.17) is 0 Å². The molecule has 0 fully saturated rings. The maximum atomic E-state index is 4.04. The Morgan fingerprint density at radius 2 is 1.62 bits per heavy atom. The highest BCUT2D eigenvalue weighted by Crippen LogP contribution is 2.17. The van der Waals surface area contributed by atoms with Crippen molar-refractivity contribution in [2.75, 3.05) is 0 Å². The zero-order valence-corrected chi connectivity index (χ0v) is 9.81. The zero-order valence-electron chi connectivity index (χ0n) is 9.81. The quantitative estimate of drug-likeness (QED) is 0.472. The lowest BCUT2D eigenvalue weighted by atomic mass is 9.93. The van der Waals surface area contributed by atoms with Crippen LogP contribution < -0.4 is 0 Å². The van der Waals surface area contributed by atoms with Gasteiger partial charge in [-0.05, 0) is 18.3 Å². The second-order valence-corrected chi connectivity index (χ2v) is 4.65. The average Bonchev–Trinajstić information content (AvgIpc) is 2.02. The maximum Gasteiger partial charge on any atom is -0.0440 e. The van der Waals surface area contributed by atoms with E-state index in [0.29, 0.717) is 5.92 Å². The van der Waals surface area contributed by atoms with E-state index in [2.05, 4.69) is 27.7 Å². The highest BCUT2D eigenvalue weighted by atomic mass is 14.1. The molecule has 0 aliphatic heterocycles. The number of rotatable bonds is 8. The van der Waals surface area contributed by atoms with Crippen LogP contribution in [-0.4, -0.2) is 0 Å². The molecular formula is C13H27. The zero-order chi connectivity index (χ0) is 10.1. The summed E-state index contributed by atoms with van der Waals surface area (Å²) in [5.74, 6) is 1.51. The third kappa shape index (κ3) is 9.92. The fraction of sp³-hybridized carbons (Fsp3) is 0.923. The van der Waals surface area contributed by atoms with Gasteiger partial charge in [-0.1, -0.05) is 66.2 Å². The summed E-state index contributed by atoms with van der Waals surface area (Å²) in [6.45, 7) is 10.9. The molecule has 1 radical (unpaired) electrons. The number of hydrogen-bond donors (Lipinski definition) is 0. The standard InChI is InChI=1S/C13H27/c1-5-6-7-8-9-10-13(4)11-12(2)3/h12-13H,2,5-11H2,1,3-4H3. The first-order valence-electron chi connectivity index (χ1n) is 5.99. The molecule has 0 aliphatic rings. The van der Waals surface area contributed by atoms with Crippen molar-refractivity contribution in [1.29, 1.82) is 0 Å². The molecule has 79 valence electrons. The molecule has 0 spiro atoms. The van der Waals surface area contributed by atoms with E-state index in [1.165, 1.54) is 44.9 Å². The Kier molecular flexibility index (Phi) is 8.59. The smallest absolute Gasteiger partial charge is 0.0440 e. The van der Waals surface area contributed by atoms with Gasteiger partial charge in [0.2, 0.25) is 0 Å². The Labute approximate surface area is 85.1 Å². The highest BCUT2D eigenvalue weighted by Gasteiger charge is 2.04. The van der Waals surface area contributed by atoms with Gasteiger partial charge in [-0.25, -0.2) is 0 Å². The average molecular weight is 183 g/mol. The largest absolute Gasteiger partial charge is 0.0654 e. The third-order valence-electron chi connectivity index (χ3n) is 2.61. The molecule has 0 aromatic rings. The molecule has 0 N–H and O–H groups in total. The predicted molar refractivity (Wildman–Crippen MR) is 61.7 cm³/mol. The first-order chi connectivity index (χ1) is 6.16. The van der Waals surface area contributed by atoms with E-state index in [1.807, 2.05) is 0 Å². The fourth-order valence-electron chi connectivity index (χ4n) is 1.90. The normalized spacial score (nSPS) is 13.6. The molecule has 2 atom stereocenters. The number of unbranched alkanes of at least 4 members (excludes halogenated alkanes) is 4. The van der Waals surface area contributed by atoms with Crippen LogP contribution in [0.4, 0.5) is 0 Å². The minimum absolute atomic E-state index is 0.630. The lowest BCUT2D eigenvalue weighted by Crippen LogP contribution is -2.00. The van der Waals surface area contributed by atoms with Crippen molar-refractivity contribution >= 4 is 0 Å². The van der Waals surface area contributed by atoms with Crippen LogP contribution in [0.1, 0.15) is 65.7 Å². The third-order valence-corrected chi connectivity index (χ3v) is 2.61. The monoisotopic (exact) mass is 183 g/mol. The highest BCUT2D eigenvalue weighted by molar-refractivity contribution is 4.61. The summed E-state index contributed by atoms with van der Waals surface area (Å²) in [6, 6.07) is 0. The lowest BCUT2D eigenvalue weighted by Gasteiger charge is -2.13. The van der Waals surface area contributed by atoms with Crippen molar-refractivity contribution < 1.29 is 0 Å². The molecule has 0 heteroatoms. The van der Waals surface area contributed by atoms with Gasteiger partial charge in [0.05, 0.1) is 0 Å². The van der Waals surface area contributed by atoms with Gasteiger partial charge in [0, 0.05) is 0 Å². The molecule has 0 aromatic heterocycles. The molecule has 0 saturated carbocycles. The van der Waals surface area contributed by atoms with Gasteiger partial charge < -0.3 is 0 Å². The Morgan fingerprint density at radius 3 is 2.15 bits per heavy atom. The summed E-state index contributed by atoms with van der Waals surface area (Å²) in [5.41, 5.74) is 0. The minimum atomic E-state index is 0.630. The van der Waals surface area contributed by atoms with E-state index in [0.717, 1.165) is 5.92 Å². The van der Waals surface area contributed by atoms with E-state index < -0.39 is 0 Å². The van der Waals surface area contributed by atoms with Crippen molar-refractivity contribution in [3.8, 4) is 0 Å². The lowest BCUT2D eigenvalue weighted by molar-refractivity contribution is 0.415. The molecular weight excluding hydrogens is 156 g/mol. The Bertz CT molecular complexity index is 94.2. The summed E-state index contributed by atoms with van der Waals surface area (Å²) < 4.78 is 0. The second kappa shape index (κ2) is 8.59. The van der Waals surface area contributed by atoms with E-state index in [9.17, 15) is 0 Å². The van der Waals surface area contributed by atoms with E-state index in [1.54, 1.807) is 0 Å². The fourth-order valence-corrected chi connectivity index (χ4v) is 1.90. The molecule has 0 nitrogen and oxygen atoms in total. The van der Waals surface area contributed by atoms with Crippen LogP contribution in [0.15, 0.2) is 0 Å². The van der Waals surface area contributed by atoms with Crippen LogP contribution in [0.5, 0.6) is 0 Å². The summed E-state index contributed by atoms with van der Waals surface area (Å²) in [5, 5.41) is 0. The molecule has 0 amide bonds. The molecule has 0 rings (SSSR count). The van der Waals surface area contributed by atoms with Gasteiger partial charge in [0.25, 0.3) is 0 Å². The van der Waals surface area contributed by atoms with Crippen LogP contribution in [-0.2, 0) is 0 Å². The Hall–Kier alpha value is 0. The Balaban J connectivity index is 3.12. The van der Waals surface area contributed by atoms with Crippen molar-refractivity contribution in [3.63, 3.8) is 0 Å². The molecule has 0 saturated heterocycles. The summed E-state index contributed by atoms with van der Waals surface area (Å²) in [4.78, 5) is 0. The van der Waals surface area contributed by atoms with Crippen LogP contribution in [0, 0.1) is 18.8 Å². The first kappa shape index (κ1) is 13.0. The molecule has 0 bridgehead atoms. The summed E-state index contributed by atoms with van der Waals surface area (Å²) >= 11 is 0. The number of hydrogen-bond acceptors (Lipinski definition) is 0. The molecule has 2 unspecified atom stereocenters. The van der Waals surface area contributed by atoms with Crippen LogP contribution in [0.2, 0.25) is 0 Å². The maximum absolute atomic E-state index is 4.04. The molecule has 0 aliphatic carbocycles. The van der Waals surface area contributed by atoms with Crippen molar-refractivity contribution in [3.05, 3.63) is 6.92 Å².